The SMILES string of the molecule is CCC1OC(=O)[C@H](C)[C@@H](O)[C@H](C)[C@@H](O[C@@H]2O[C@H](C)C[C@H](N(C)C)[C@H]2OC(C)=O)[C@](C)(OC)C[C@@H](C)[C@](C)(O)[C@H](C)[C@H]2N(CCCCc3ccccc3)C(=O)O[C@]12C. The van der Waals surface area contributed by atoms with Crippen LogP contribution in [0.25, 0.3) is 0 Å². The maximum Gasteiger partial charge on any atom is 0.410 e. The number of nitrogens with zero attached hydrogens (tertiary/aromatic N) is 2. The largest absolute Gasteiger partial charge is 0.458 e. The summed E-state index contributed by atoms with van der Waals surface area (Å²) in [6, 6.07) is 9.27. The molecule has 0 saturated carbocycles. The third-order valence-electron chi connectivity index (χ3n) is 13.6. The fourth-order valence-electron chi connectivity index (χ4n) is 9.69. The van der Waals surface area contributed by atoms with E-state index in [0.717, 1.165) is 12.8 Å². The molecule has 4 rings (SSSR count). The van der Waals surface area contributed by atoms with Gasteiger partial charge in [-0.15, -0.1) is 0 Å². The smallest absolute Gasteiger partial charge is 0.410 e. The number of cyclic esters (lactones) is 1. The molecular weight excluding hydrogens is 732 g/mol. The molecule has 13 heteroatoms. The summed E-state index contributed by atoms with van der Waals surface area (Å²) in [4.78, 5) is 44.2. The Hall–Kier alpha value is -2.81. The number of benzene rings is 1. The molecule has 0 aliphatic carbocycles. The summed E-state index contributed by atoms with van der Waals surface area (Å²) in [7, 11) is 5.37. The number of carbonyl (C=O) groups is 3. The highest BCUT2D eigenvalue weighted by molar-refractivity contribution is 5.74. The Bertz CT molecular complexity index is 1490. The number of aliphatic hydroxyl groups excluding tert-OH is 1. The number of unbranched alkanes of at least 4 members (excludes halogenated alkanes) is 1. The zero-order valence-corrected chi connectivity index (χ0v) is 36.7. The maximum atomic E-state index is 14.1. The van der Waals surface area contributed by atoms with Crippen molar-refractivity contribution in [3.63, 3.8) is 0 Å². The number of hydrogen-bond acceptors (Lipinski definition) is 12. The fourth-order valence-corrected chi connectivity index (χ4v) is 9.69. The number of esters is 2. The van der Waals surface area contributed by atoms with Crippen LogP contribution in [0.15, 0.2) is 30.3 Å². The van der Waals surface area contributed by atoms with Crippen molar-refractivity contribution in [1.82, 2.24) is 9.80 Å². The van der Waals surface area contributed by atoms with Gasteiger partial charge in [0, 0.05) is 32.4 Å². The lowest BCUT2D eigenvalue weighted by atomic mass is 9.67. The Balaban J connectivity index is 1.77. The Morgan fingerprint density at radius 1 is 1.04 bits per heavy atom. The van der Waals surface area contributed by atoms with Crippen LogP contribution in [0.3, 0.4) is 0 Å². The van der Waals surface area contributed by atoms with Crippen LogP contribution in [0.5, 0.6) is 0 Å². The average molecular weight is 805 g/mol. The number of ether oxygens (including phenoxy) is 6. The van der Waals surface area contributed by atoms with Crippen molar-refractivity contribution in [3.8, 4) is 0 Å². The van der Waals surface area contributed by atoms with Crippen molar-refractivity contribution in [1.29, 1.82) is 0 Å². The molecular formula is C44H72N2O11. The summed E-state index contributed by atoms with van der Waals surface area (Å²) in [6.45, 7) is 18.2. The van der Waals surface area contributed by atoms with Crippen LogP contribution in [0.4, 0.5) is 4.79 Å². The third-order valence-corrected chi connectivity index (χ3v) is 13.6. The van der Waals surface area contributed by atoms with Crippen LogP contribution in [0, 0.1) is 23.7 Å². The second kappa shape index (κ2) is 19.1. The second-order valence-electron chi connectivity index (χ2n) is 18.0. The highest BCUT2D eigenvalue weighted by Gasteiger charge is 2.62. The molecule has 0 bridgehead atoms. The lowest BCUT2D eigenvalue weighted by molar-refractivity contribution is -0.305. The van der Waals surface area contributed by atoms with Crippen molar-refractivity contribution < 1.29 is 53.0 Å². The molecule has 3 saturated heterocycles. The number of aliphatic hydroxyl groups is 2. The molecule has 0 radical (unpaired) electrons. The molecule has 324 valence electrons. The Morgan fingerprint density at radius 2 is 1.68 bits per heavy atom. The van der Waals surface area contributed by atoms with Gasteiger partial charge in [-0.1, -0.05) is 58.0 Å². The minimum absolute atomic E-state index is 0.234. The molecule has 1 amide bonds. The molecule has 1 unspecified atom stereocenters. The number of likely N-dealkylation sites (N-methyl/N-ethyl adjacent to an activating group) is 1. The van der Waals surface area contributed by atoms with Gasteiger partial charge in [-0.2, -0.15) is 0 Å². The lowest BCUT2D eigenvalue weighted by Gasteiger charge is -2.51. The summed E-state index contributed by atoms with van der Waals surface area (Å²) in [5, 5.41) is 24.8. The third kappa shape index (κ3) is 10.1. The van der Waals surface area contributed by atoms with Crippen LogP contribution < -0.4 is 0 Å². The van der Waals surface area contributed by atoms with E-state index in [9.17, 15) is 24.6 Å². The molecule has 57 heavy (non-hydrogen) atoms. The van der Waals surface area contributed by atoms with E-state index in [1.54, 1.807) is 39.7 Å². The van der Waals surface area contributed by atoms with Gasteiger partial charge in [-0.05, 0) is 98.7 Å². The van der Waals surface area contributed by atoms with Gasteiger partial charge in [0.25, 0.3) is 0 Å². The van der Waals surface area contributed by atoms with Crippen molar-refractivity contribution >= 4 is 18.0 Å². The van der Waals surface area contributed by atoms with Crippen LogP contribution >= 0.6 is 0 Å². The second-order valence-corrected chi connectivity index (χ2v) is 18.0. The van der Waals surface area contributed by atoms with Crippen LogP contribution in [-0.2, 0) is 44.4 Å². The first-order chi connectivity index (χ1) is 26.6. The van der Waals surface area contributed by atoms with Gasteiger partial charge in [-0.25, -0.2) is 4.79 Å². The quantitative estimate of drug-likeness (QED) is 0.159. The first kappa shape index (κ1) is 46.9. The number of hydrogen-bond donors (Lipinski definition) is 2. The molecule has 13 nitrogen and oxygen atoms in total. The van der Waals surface area contributed by atoms with E-state index in [1.807, 2.05) is 71.8 Å². The summed E-state index contributed by atoms with van der Waals surface area (Å²) in [5.41, 5.74) is -2.72. The first-order valence-electron chi connectivity index (χ1n) is 21.0. The number of amides is 1. The summed E-state index contributed by atoms with van der Waals surface area (Å²) >= 11 is 0. The number of aryl methyl sites for hydroxylation is 1. The van der Waals surface area contributed by atoms with Gasteiger partial charge >= 0.3 is 18.0 Å². The first-order valence-corrected chi connectivity index (χ1v) is 21.0. The number of fused-ring (bicyclic) bond motifs is 1. The monoisotopic (exact) mass is 805 g/mol. The Labute approximate surface area is 341 Å². The van der Waals surface area contributed by atoms with Crippen LogP contribution in [0.1, 0.15) is 107 Å². The van der Waals surface area contributed by atoms with Crippen molar-refractivity contribution in [2.45, 2.75) is 173 Å². The van der Waals surface area contributed by atoms with Gasteiger partial charge in [0.05, 0.1) is 47.5 Å². The molecule has 3 fully saturated rings. The van der Waals surface area contributed by atoms with E-state index in [2.05, 4.69) is 12.1 Å². The van der Waals surface area contributed by atoms with Gasteiger partial charge in [0.15, 0.2) is 18.0 Å². The molecule has 3 aliphatic heterocycles. The summed E-state index contributed by atoms with van der Waals surface area (Å²) in [6.07, 6.45) is -2.20. The van der Waals surface area contributed by atoms with Gasteiger partial charge in [0.2, 0.25) is 0 Å². The molecule has 15 atom stereocenters. The molecule has 1 aromatic carbocycles. The minimum Gasteiger partial charge on any atom is -0.458 e. The number of rotatable bonds is 11. The highest BCUT2D eigenvalue weighted by atomic mass is 16.7. The summed E-state index contributed by atoms with van der Waals surface area (Å²) in [5.74, 6) is -3.98. The minimum atomic E-state index is -1.43. The van der Waals surface area contributed by atoms with E-state index in [0.29, 0.717) is 25.8 Å². The van der Waals surface area contributed by atoms with Gasteiger partial charge in [-0.3, -0.25) is 9.59 Å². The molecule has 0 spiro atoms. The van der Waals surface area contributed by atoms with Crippen molar-refractivity contribution in [3.05, 3.63) is 35.9 Å². The van der Waals surface area contributed by atoms with E-state index in [1.165, 1.54) is 12.5 Å². The Morgan fingerprint density at radius 3 is 2.26 bits per heavy atom. The molecule has 0 aromatic heterocycles. The van der Waals surface area contributed by atoms with E-state index >= 15 is 0 Å². The van der Waals surface area contributed by atoms with E-state index < -0.39 is 95.3 Å². The molecule has 2 N–H and O–H groups in total. The van der Waals surface area contributed by atoms with Crippen LogP contribution in [-0.4, -0.2) is 131 Å². The molecule has 1 aromatic rings. The predicted octanol–water partition coefficient (Wildman–Crippen LogP) is 5.76. The van der Waals surface area contributed by atoms with E-state index in [4.69, 9.17) is 28.4 Å². The summed E-state index contributed by atoms with van der Waals surface area (Å²) < 4.78 is 38.0. The Kier molecular flexibility index (Phi) is 15.7. The van der Waals surface area contributed by atoms with Crippen LogP contribution in [0.2, 0.25) is 0 Å². The van der Waals surface area contributed by atoms with Crippen molar-refractivity contribution in [2.24, 2.45) is 23.7 Å². The zero-order chi connectivity index (χ0) is 42.6. The van der Waals surface area contributed by atoms with Gasteiger partial charge < -0.3 is 48.4 Å². The lowest BCUT2D eigenvalue weighted by Crippen LogP contribution is -2.63. The zero-order valence-electron chi connectivity index (χ0n) is 36.7. The molecule has 3 aliphatic rings. The number of carbonyl (C=O) groups excluding carboxylic acids is 3. The van der Waals surface area contributed by atoms with E-state index in [-0.39, 0.29) is 18.6 Å². The number of methoxy groups -OCH3 is 1. The normalized spacial score (nSPS) is 40.9. The van der Waals surface area contributed by atoms with Gasteiger partial charge in [0.1, 0.15) is 6.10 Å². The topological polar surface area (TPSA) is 154 Å². The highest BCUT2D eigenvalue weighted by Crippen LogP contribution is 2.47. The predicted molar refractivity (Wildman–Crippen MR) is 215 cm³/mol. The van der Waals surface area contributed by atoms with Crippen molar-refractivity contribution in [2.75, 3.05) is 27.7 Å². The maximum absolute atomic E-state index is 14.1. The standard InChI is InChI=1S/C44H72N2O11/c1-14-34-44(10)37(46(41(50)57-44)23-19-18-22-32-20-16-15-17-21-32)30(6)43(9,51)26(2)25-42(8,52-13)38(28(4)35(48)29(5)39(49)55-34)56-40-36(54-31(7)47)33(45(11)12)24-27(3)53-40/h15-17,20-21,26-30,33-38,40,48,51H,14,18-19,22-25H2,1-13H3/t26-,27-,28+,29-,30-,33+,34?,35+,36-,37-,38-,40+,42-,43+,44-/m1/s1. The molecule has 3 heterocycles. The fraction of sp³-hybridized carbons (Fsp3) is 0.795. The average Bonchev–Trinajstić information content (AvgIpc) is 3.42.